The fourth-order valence-corrected chi connectivity index (χ4v) is 6.21. The lowest BCUT2D eigenvalue weighted by Gasteiger charge is -2.24. The van der Waals surface area contributed by atoms with Crippen molar-refractivity contribution in [2.45, 2.75) is 64.4 Å². The molecule has 2 N–H and O–H groups in total. The van der Waals surface area contributed by atoms with Gasteiger partial charge in [-0.15, -0.1) is 0 Å². The van der Waals surface area contributed by atoms with Crippen LogP contribution in [0.4, 0.5) is 0 Å². The van der Waals surface area contributed by atoms with E-state index < -0.39 is 0 Å². The Bertz CT molecular complexity index is 1440. The minimum absolute atomic E-state index is 0.0535. The van der Waals surface area contributed by atoms with Crippen LogP contribution in [0.1, 0.15) is 75.0 Å². The van der Waals surface area contributed by atoms with Crippen molar-refractivity contribution in [3.63, 3.8) is 0 Å². The minimum Gasteiger partial charge on any atom is -0.508 e. The molecule has 1 aliphatic heterocycles. The minimum atomic E-state index is -0.337. The summed E-state index contributed by atoms with van der Waals surface area (Å²) >= 11 is 0. The molecule has 1 unspecified atom stereocenters. The third kappa shape index (κ3) is 7.56. The van der Waals surface area contributed by atoms with Crippen LogP contribution in [-0.2, 0) is 9.53 Å². The fourth-order valence-electron chi connectivity index (χ4n) is 6.21. The predicted octanol–water partition coefficient (Wildman–Crippen LogP) is 7.36. The zero-order valence-corrected chi connectivity index (χ0v) is 25.6. The van der Waals surface area contributed by atoms with Crippen molar-refractivity contribution < 1.29 is 28.8 Å². The van der Waals surface area contributed by atoms with Gasteiger partial charge < -0.3 is 29.4 Å². The van der Waals surface area contributed by atoms with Gasteiger partial charge in [-0.3, -0.25) is 4.79 Å². The third-order valence-electron chi connectivity index (χ3n) is 8.83. The fraction of sp³-hybridized carbons (Fsp3) is 0.432. The Morgan fingerprint density at radius 2 is 1.57 bits per heavy atom. The molecule has 2 saturated carbocycles. The van der Waals surface area contributed by atoms with Crippen molar-refractivity contribution in [1.82, 2.24) is 5.32 Å². The van der Waals surface area contributed by atoms with E-state index in [1.807, 2.05) is 36.4 Å². The van der Waals surface area contributed by atoms with E-state index >= 15 is 0 Å². The number of ether oxygens (including phenoxy) is 4. The van der Waals surface area contributed by atoms with Crippen molar-refractivity contribution in [2.24, 2.45) is 11.8 Å². The van der Waals surface area contributed by atoms with Gasteiger partial charge in [-0.1, -0.05) is 56.5 Å². The lowest BCUT2D eigenvalue weighted by Crippen LogP contribution is -2.38. The molecule has 0 amide bonds. The highest BCUT2D eigenvalue weighted by atomic mass is 16.7. The maximum Gasteiger partial charge on any atom is 0.309 e. The molecule has 0 aromatic heterocycles. The van der Waals surface area contributed by atoms with Gasteiger partial charge >= 0.3 is 5.97 Å². The monoisotopic (exact) mass is 597 g/mol. The van der Waals surface area contributed by atoms with Crippen LogP contribution in [-0.4, -0.2) is 43.7 Å². The smallest absolute Gasteiger partial charge is 0.309 e. The molecule has 3 aliphatic rings. The number of nitrogens with one attached hydrogen (secondary N) is 1. The van der Waals surface area contributed by atoms with Crippen molar-refractivity contribution in [3.8, 4) is 23.0 Å². The Labute approximate surface area is 260 Å². The van der Waals surface area contributed by atoms with Gasteiger partial charge in [0.25, 0.3) is 0 Å². The van der Waals surface area contributed by atoms with E-state index in [4.69, 9.17) is 18.9 Å². The Balaban J connectivity index is 1.19. The molecular formula is C37H43NO6. The zero-order chi connectivity index (χ0) is 30.3. The highest BCUT2D eigenvalue weighted by molar-refractivity contribution is 5.99. The lowest BCUT2D eigenvalue weighted by atomic mass is 9.88. The molecule has 0 saturated heterocycles. The largest absolute Gasteiger partial charge is 0.508 e. The molecule has 1 heterocycles. The number of hydrogen-bond donors (Lipinski definition) is 2. The molecule has 3 aromatic carbocycles. The molecule has 2 aliphatic carbocycles. The van der Waals surface area contributed by atoms with Gasteiger partial charge in [-0.2, -0.15) is 0 Å². The normalized spacial score (nSPS) is 17.6. The lowest BCUT2D eigenvalue weighted by molar-refractivity contribution is -0.152. The summed E-state index contributed by atoms with van der Waals surface area (Å²) in [4.78, 5) is 12.5. The molecule has 0 radical (unpaired) electrons. The third-order valence-corrected chi connectivity index (χ3v) is 8.83. The van der Waals surface area contributed by atoms with Crippen LogP contribution in [0.5, 0.6) is 23.0 Å². The number of hydrogen-bond acceptors (Lipinski definition) is 7. The molecule has 0 spiro atoms. The average molecular weight is 598 g/mol. The number of benzene rings is 3. The first kappa shape index (κ1) is 30.1. The summed E-state index contributed by atoms with van der Waals surface area (Å²) in [6.45, 7) is 4.22. The maximum absolute atomic E-state index is 12.5. The van der Waals surface area contributed by atoms with E-state index in [0.717, 1.165) is 70.9 Å². The highest BCUT2D eigenvalue weighted by Gasteiger charge is 2.33. The molecule has 2 fully saturated rings. The summed E-state index contributed by atoms with van der Waals surface area (Å²) in [7, 11) is 0. The van der Waals surface area contributed by atoms with Crippen LogP contribution in [0, 0.1) is 11.8 Å². The summed E-state index contributed by atoms with van der Waals surface area (Å²) in [5.41, 5.74) is 5.31. The number of rotatable bonds is 13. The van der Waals surface area contributed by atoms with Crippen LogP contribution in [0.2, 0.25) is 0 Å². The average Bonchev–Trinajstić information content (AvgIpc) is 3.81. The van der Waals surface area contributed by atoms with E-state index in [-0.39, 0.29) is 30.5 Å². The molecule has 0 bridgehead atoms. The number of phenolic OH excluding ortho intramolecular Hbond substituents is 1. The van der Waals surface area contributed by atoms with E-state index in [1.54, 1.807) is 12.1 Å². The van der Waals surface area contributed by atoms with Crippen LogP contribution in [0.15, 0.2) is 66.7 Å². The summed E-state index contributed by atoms with van der Waals surface area (Å²) < 4.78 is 23.3. The number of fused-ring (bicyclic) bond motifs is 1. The second-order valence-electron chi connectivity index (χ2n) is 12.2. The van der Waals surface area contributed by atoms with Crippen molar-refractivity contribution >= 4 is 17.1 Å². The number of phenols is 1. The standard InChI is InChI=1S/C37H43NO6/c1-2-33(29-14-19-34-35(20-29)43-24-42-34)36(26-10-15-30(39)16-11-26)27-12-17-31(18-13-27)41-23-32(44-37(40)28-8-9-28)22-38-21-25-6-4-3-5-7-25/h10-20,25,28,32,38-39H,2-9,21-24H2,1H3/b36-33-. The molecule has 44 heavy (non-hydrogen) atoms. The quantitative estimate of drug-likeness (QED) is 0.157. The number of esters is 1. The van der Waals surface area contributed by atoms with E-state index in [0.29, 0.717) is 19.1 Å². The maximum atomic E-state index is 12.5. The first-order chi connectivity index (χ1) is 21.6. The van der Waals surface area contributed by atoms with Crippen molar-refractivity contribution in [1.29, 1.82) is 0 Å². The summed E-state index contributed by atoms with van der Waals surface area (Å²) in [6, 6.07) is 21.4. The van der Waals surface area contributed by atoms with Crippen molar-refractivity contribution in [2.75, 3.05) is 26.5 Å². The molecule has 7 heteroatoms. The van der Waals surface area contributed by atoms with Gasteiger partial charge in [0.15, 0.2) is 11.5 Å². The first-order valence-electron chi connectivity index (χ1n) is 16.1. The van der Waals surface area contributed by atoms with E-state index in [9.17, 15) is 9.90 Å². The first-order valence-corrected chi connectivity index (χ1v) is 16.1. The van der Waals surface area contributed by atoms with Crippen LogP contribution < -0.4 is 19.5 Å². The summed E-state index contributed by atoms with van der Waals surface area (Å²) in [6.07, 6.45) is 8.81. The van der Waals surface area contributed by atoms with Gasteiger partial charge in [-0.25, -0.2) is 0 Å². The van der Waals surface area contributed by atoms with Gasteiger partial charge in [0.05, 0.1) is 5.92 Å². The zero-order valence-electron chi connectivity index (χ0n) is 25.6. The number of aromatic hydroxyl groups is 1. The predicted molar refractivity (Wildman–Crippen MR) is 171 cm³/mol. The number of carbonyl (C=O) groups is 1. The van der Waals surface area contributed by atoms with Crippen LogP contribution in [0.25, 0.3) is 11.1 Å². The van der Waals surface area contributed by atoms with Crippen LogP contribution >= 0.6 is 0 Å². The number of allylic oxidation sites excluding steroid dienone is 1. The molecular weight excluding hydrogens is 554 g/mol. The van der Waals surface area contributed by atoms with Crippen molar-refractivity contribution in [3.05, 3.63) is 83.4 Å². The van der Waals surface area contributed by atoms with Gasteiger partial charge in [-0.05, 0) is 109 Å². The van der Waals surface area contributed by atoms with E-state index in [2.05, 4.69) is 30.4 Å². The Morgan fingerprint density at radius 1 is 0.886 bits per heavy atom. The molecule has 1 atom stereocenters. The highest BCUT2D eigenvalue weighted by Crippen LogP contribution is 2.40. The van der Waals surface area contributed by atoms with Gasteiger partial charge in [0, 0.05) is 6.54 Å². The molecule has 232 valence electrons. The Morgan fingerprint density at radius 3 is 2.27 bits per heavy atom. The second kappa shape index (κ2) is 14.2. The molecule has 6 rings (SSSR count). The summed E-state index contributed by atoms with van der Waals surface area (Å²) in [5.74, 6) is 3.10. The molecule has 7 nitrogen and oxygen atoms in total. The second-order valence-corrected chi connectivity index (χ2v) is 12.2. The SMILES string of the molecule is CC/C(=C(\c1ccc(O)cc1)c1ccc(OCC(CNCC2CCCCC2)OC(=O)C2CC2)cc1)c1ccc2c(c1)OCO2. The Hall–Kier alpha value is -3.97. The summed E-state index contributed by atoms with van der Waals surface area (Å²) in [5, 5.41) is 13.5. The Kier molecular flexibility index (Phi) is 9.71. The van der Waals surface area contributed by atoms with E-state index in [1.165, 1.54) is 32.1 Å². The number of carbonyl (C=O) groups excluding carboxylic acids is 1. The van der Waals surface area contributed by atoms with Gasteiger partial charge in [0.1, 0.15) is 24.2 Å². The molecule has 3 aromatic rings. The van der Waals surface area contributed by atoms with Gasteiger partial charge in [0.2, 0.25) is 6.79 Å². The van der Waals surface area contributed by atoms with Crippen LogP contribution in [0.3, 0.4) is 0 Å². The topological polar surface area (TPSA) is 86.2 Å².